The molecule has 2 unspecified atom stereocenters. The Morgan fingerprint density at radius 2 is 2.24 bits per heavy atom. The predicted molar refractivity (Wildman–Crippen MR) is 86.6 cm³/mol. The van der Waals surface area contributed by atoms with E-state index in [-0.39, 0.29) is 5.56 Å². The van der Waals surface area contributed by atoms with Crippen LogP contribution in [0.1, 0.15) is 33.1 Å². The van der Waals surface area contributed by atoms with E-state index in [2.05, 4.69) is 29.5 Å². The SMILES string of the molecule is CCNC(=NCCCCn1ccccc1=O)NC1CC1C. The second-order valence-corrected chi connectivity index (χ2v) is 5.66. The van der Waals surface area contributed by atoms with E-state index in [1.54, 1.807) is 16.7 Å². The molecule has 0 saturated heterocycles. The van der Waals surface area contributed by atoms with Gasteiger partial charge in [-0.2, -0.15) is 0 Å². The van der Waals surface area contributed by atoms with Crippen LogP contribution in [0.3, 0.4) is 0 Å². The van der Waals surface area contributed by atoms with Crippen molar-refractivity contribution < 1.29 is 0 Å². The van der Waals surface area contributed by atoms with E-state index in [1.807, 2.05) is 12.3 Å². The lowest BCUT2D eigenvalue weighted by Crippen LogP contribution is -2.39. The normalized spacial score (nSPS) is 21.1. The third kappa shape index (κ3) is 5.25. The van der Waals surface area contributed by atoms with Crippen molar-refractivity contribution in [1.82, 2.24) is 15.2 Å². The first-order valence-corrected chi connectivity index (χ1v) is 7.91. The number of guanidine groups is 1. The van der Waals surface area contributed by atoms with Crippen LogP contribution < -0.4 is 16.2 Å². The fourth-order valence-electron chi connectivity index (χ4n) is 2.25. The number of aryl methyl sites for hydroxylation is 1. The summed E-state index contributed by atoms with van der Waals surface area (Å²) in [6.45, 7) is 6.76. The van der Waals surface area contributed by atoms with Crippen molar-refractivity contribution in [3.05, 3.63) is 34.7 Å². The third-order valence-corrected chi connectivity index (χ3v) is 3.75. The van der Waals surface area contributed by atoms with Crippen molar-refractivity contribution in [3.63, 3.8) is 0 Å². The van der Waals surface area contributed by atoms with E-state index in [9.17, 15) is 4.79 Å². The van der Waals surface area contributed by atoms with Crippen molar-refractivity contribution >= 4 is 5.96 Å². The van der Waals surface area contributed by atoms with E-state index < -0.39 is 0 Å². The highest BCUT2D eigenvalue weighted by molar-refractivity contribution is 5.80. The Bertz CT molecular complexity index is 523. The second-order valence-electron chi connectivity index (χ2n) is 5.66. The summed E-state index contributed by atoms with van der Waals surface area (Å²) >= 11 is 0. The molecule has 116 valence electrons. The number of hydrogen-bond donors (Lipinski definition) is 2. The summed E-state index contributed by atoms with van der Waals surface area (Å²) in [6, 6.07) is 5.85. The molecular formula is C16H26N4O. The lowest BCUT2D eigenvalue weighted by molar-refractivity contribution is 0.597. The molecule has 0 aliphatic heterocycles. The average molecular weight is 290 g/mol. The van der Waals surface area contributed by atoms with Gasteiger partial charge in [0.25, 0.3) is 0 Å². The molecule has 1 aliphatic rings. The van der Waals surface area contributed by atoms with Crippen LogP contribution in [-0.2, 0) is 6.54 Å². The lowest BCUT2D eigenvalue weighted by Gasteiger charge is -2.10. The van der Waals surface area contributed by atoms with Crippen molar-refractivity contribution in [2.75, 3.05) is 13.1 Å². The summed E-state index contributed by atoms with van der Waals surface area (Å²) < 4.78 is 1.75. The van der Waals surface area contributed by atoms with E-state index in [1.165, 1.54) is 6.42 Å². The molecular weight excluding hydrogens is 264 g/mol. The smallest absolute Gasteiger partial charge is 0.250 e. The average Bonchev–Trinajstić information content (AvgIpc) is 3.16. The molecule has 2 rings (SSSR count). The number of nitrogens with one attached hydrogen (secondary N) is 2. The van der Waals surface area contributed by atoms with Crippen molar-refractivity contribution in [2.45, 2.75) is 45.7 Å². The Kier molecular flexibility index (Phi) is 5.84. The zero-order valence-electron chi connectivity index (χ0n) is 13.0. The van der Waals surface area contributed by atoms with Gasteiger partial charge in [0.2, 0.25) is 5.56 Å². The molecule has 2 atom stereocenters. The molecule has 1 aromatic rings. The molecule has 0 aromatic carbocycles. The zero-order chi connectivity index (χ0) is 15.1. The van der Waals surface area contributed by atoms with Gasteiger partial charge < -0.3 is 15.2 Å². The minimum Gasteiger partial charge on any atom is -0.357 e. The fraction of sp³-hybridized carbons (Fsp3) is 0.625. The molecule has 2 N–H and O–H groups in total. The van der Waals surface area contributed by atoms with Gasteiger partial charge in [0.15, 0.2) is 5.96 Å². The maximum Gasteiger partial charge on any atom is 0.250 e. The molecule has 5 heteroatoms. The minimum atomic E-state index is 0.0683. The van der Waals surface area contributed by atoms with Crippen LogP contribution in [0.5, 0.6) is 0 Å². The highest BCUT2D eigenvalue weighted by Crippen LogP contribution is 2.28. The van der Waals surface area contributed by atoms with Gasteiger partial charge in [-0.3, -0.25) is 9.79 Å². The van der Waals surface area contributed by atoms with Gasteiger partial charge in [0, 0.05) is 37.9 Å². The fourth-order valence-corrected chi connectivity index (χ4v) is 2.25. The molecule has 1 aromatic heterocycles. The summed E-state index contributed by atoms with van der Waals surface area (Å²) in [4.78, 5) is 16.1. The molecule has 0 spiro atoms. The van der Waals surface area contributed by atoms with Gasteiger partial charge in [0.1, 0.15) is 0 Å². The van der Waals surface area contributed by atoms with Crippen LogP contribution in [0, 0.1) is 5.92 Å². The van der Waals surface area contributed by atoms with Crippen molar-refractivity contribution in [2.24, 2.45) is 10.9 Å². The van der Waals surface area contributed by atoms with Crippen LogP contribution in [0.15, 0.2) is 34.2 Å². The van der Waals surface area contributed by atoms with E-state index in [4.69, 9.17) is 0 Å². The van der Waals surface area contributed by atoms with Crippen LogP contribution in [0.4, 0.5) is 0 Å². The Morgan fingerprint density at radius 3 is 2.90 bits per heavy atom. The molecule has 0 amide bonds. The predicted octanol–water partition coefficient (Wildman–Crippen LogP) is 1.59. The second kappa shape index (κ2) is 7.86. The molecule has 0 bridgehead atoms. The highest BCUT2D eigenvalue weighted by Gasteiger charge is 2.33. The molecule has 0 radical (unpaired) electrons. The molecule has 1 saturated carbocycles. The maximum atomic E-state index is 11.6. The van der Waals surface area contributed by atoms with Crippen LogP contribution >= 0.6 is 0 Å². The number of hydrogen-bond acceptors (Lipinski definition) is 2. The van der Waals surface area contributed by atoms with Crippen LogP contribution in [-0.4, -0.2) is 29.7 Å². The van der Waals surface area contributed by atoms with E-state index in [0.717, 1.165) is 44.4 Å². The number of aliphatic imine (C=N–C) groups is 1. The van der Waals surface area contributed by atoms with Crippen molar-refractivity contribution in [1.29, 1.82) is 0 Å². The molecule has 1 aliphatic carbocycles. The van der Waals surface area contributed by atoms with Gasteiger partial charge in [-0.1, -0.05) is 13.0 Å². The van der Waals surface area contributed by atoms with E-state index >= 15 is 0 Å². The molecule has 21 heavy (non-hydrogen) atoms. The Balaban J connectivity index is 1.70. The van der Waals surface area contributed by atoms with Crippen LogP contribution in [0.2, 0.25) is 0 Å². The molecule has 1 fully saturated rings. The number of aromatic nitrogens is 1. The molecule has 5 nitrogen and oxygen atoms in total. The number of rotatable bonds is 7. The van der Waals surface area contributed by atoms with E-state index in [0.29, 0.717) is 6.04 Å². The first-order chi connectivity index (χ1) is 10.2. The summed E-state index contributed by atoms with van der Waals surface area (Å²) in [5.41, 5.74) is 0.0683. The molecule has 1 heterocycles. The third-order valence-electron chi connectivity index (χ3n) is 3.75. The summed E-state index contributed by atoms with van der Waals surface area (Å²) in [7, 11) is 0. The quantitative estimate of drug-likeness (QED) is 0.455. The summed E-state index contributed by atoms with van der Waals surface area (Å²) in [5, 5.41) is 6.72. The lowest BCUT2D eigenvalue weighted by atomic mass is 10.3. The summed E-state index contributed by atoms with van der Waals surface area (Å²) in [6.07, 6.45) is 5.03. The van der Waals surface area contributed by atoms with Crippen molar-refractivity contribution in [3.8, 4) is 0 Å². The zero-order valence-corrected chi connectivity index (χ0v) is 13.0. The first-order valence-electron chi connectivity index (χ1n) is 7.91. The highest BCUT2D eigenvalue weighted by atomic mass is 16.1. The van der Waals surface area contributed by atoms with Gasteiger partial charge in [0.05, 0.1) is 0 Å². The topological polar surface area (TPSA) is 58.4 Å². The Morgan fingerprint density at radius 1 is 1.43 bits per heavy atom. The number of unbranched alkanes of at least 4 members (excludes halogenated alkanes) is 1. The first kappa shape index (κ1) is 15.6. The standard InChI is InChI=1S/C16H26N4O/c1-3-17-16(19-14-12-13(14)2)18-9-5-7-11-20-10-6-4-8-15(20)21/h4,6,8,10,13-14H,3,5,7,9,11-12H2,1-2H3,(H2,17,18,19). The minimum absolute atomic E-state index is 0.0683. The monoisotopic (exact) mass is 290 g/mol. The number of pyridine rings is 1. The van der Waals surface area contributed by atoms with Gasteiger partial charge in [-0.25, -0.2) is 0 Å². The van der Waals surface area contributed by atoms with Gasteiger partial charge in [-0.05, 0) is 38.2 Å². The largest absolute Gasteiger partial charge is 0.357 e. The van der Waals surface area contributed by atoms with Crippen LogP contribution in [0.25, 0.3) is 0 Å². The van der Waals surface area contributed by atoms with Gasteiger partial charge in [-0.15, -0.1) is 0 Å². The number of nitrogens with zero attached hydrogens (tertiary/aromatic N) is 2. The maximum absolute atomic E-state index is 11.6. The Labute approximate surface area is 126 Å². The Hall–Kier alpha value is -1.78. The van der Waals surface area contributed by atoms with Gasteiger partial charge >= 0.3 is 0 Å². The summed E-state index contributed by atoms with van der Waals surface area (Å²) in [5.74, 6) is 1.68.